The van der Waals surface area contributed by atoms with E-state index in [2.05, 4.69) is 14.9 Å². The predicted octanol–water partition coefficient (Wildman–Crippen LogP) is 2.63. The van der Waals surface area contributed by atoms with Crippen molar-refractivity contribution in [2.45, 2.75) is 18.0 Å². The number of hydrogen-bond donors (Lipinski definition) is 1. The minimum Gasteiger partial charge on any atom is -0.372 e. The molecule has 3 rings (SSSR count). The summed E-state index contributed by atoms with van der Waals surface area (Å²) in [5.41, 5.74) is 2.09. The Labute approximate surface area is 133 Å². The van der Waals surface area contributed by atoms with Gasteiger partial charge in [-0.3, -0.25) is 4.79 Å². The topological polar surface area (TPSA) is 72.8 Å². The maximum atomic E-state index is 12.0. The molecule has 0 atom stereocenters. The summed E-state index contributed by atoms with van der Waals surface area (Å²) in [5.74, 6) is 0. The van der Waals surface area contributed by atoms with Gasteiger partial charge in [-0.15, -0.1) is 0 Å². The molecule has 0 bridgehead atoms. The van der Waals surface area contributed by atoms with E-state index in [0.29, 0.717) is 10.9 Å². The minimum absolute atomic E-state index is 0.0618. The first kappa shape index (κ1) is 14.7. The van der Waals surface area contributed by atoms with Crippen LogP contribution in [-0.2, 0) is 0 Å². The summed E-state index contributed by atoms with van der Waals surface area (Å²) in [7, 11) is 0. The zero-order valence-corrected chi connectivity index (χ0v) is 13.1. The van der Waals surface area contributed by atoms with E-state index in [1.807, 2.05) is 36.6 Å². The molecule has 1 aromatic heterocycles. The van der Waals surface area contributed by atoms with Crippen molar-refractivity contribution in [1.82, 2.24) is 9.97 Å². The fourth-order valence-corrected chi connectivity index (χ4v) is 3.04. The largest absolute Gasteiger partial charge is 0.372 e. The second kappa shape index (κ2) is 6.24. The number of rotatable bonds is 3. The molecule has 1 aliphatic heterocycles. The van der Waals surface area contributed by atoms with Crippen LogP contribution in [0.5, 0.6) is 0 Å². The third-order valence-electron chi connectivity index (χ3n) is 3.81. The fraction of sp³-hybridized carbons (Fsp3) is 0.312. The molecule has 2 aromatic rings. The molecule has 0 amide bonds. The van der Waals surface area contributed by atoms with Crippen LogP contribution >= 0.6 is 11.8 Å². The first-order valence-electron chi connectivity index (χ1n) is 7.16. The summed E-state index contributed by atoms with van der Waals surface area (Å²) < 4.78 is 0. The van der Waals surface area contributed by atoms with Crippen LogP contribution in [0, 0.1) is 11.3 Å². The van der Waals surface area contributed by atoms with Gasteiger partial charge in [0.05, 0.1) is 5.69 Å². The second-order valence-electron chi connectivity index (χ2n) is 5.15. The maximum absolute atomic E-state index is 12.0. The number of nitriles is 1. The van der Waals surface area contributed by atoms with Crippen LogP contribution in [0.15, 0.2) is 34.2 Å². The Morgan fingerprint density at radius 2 is 1.95 bits per heavy atom. The van der Waals surface area contributed by atoms with E-state index in [-0.39, 0.29) is 11.1 Å². The lowest BCUT2D eigenvalue weighted by atomic mass is 10.1. The van der Waals surface area contributed by atoms with Gasteiger partial charge in [0, 0.05) is 24.3 Å². The molecule has 0 saturated carbocycles. The summed E-state index contributed by atoms with van der Waals surface area (Å²) in [5, 5.41) is 9.74. The Morgan fingerprint density at radius 3 is 2.55 bits per heavy atom. The van der Waals surface area contributed by atoms with Crippen LogP contribution in [-0.4, -0.2) is 29.3 Å². The quantitative estimate of drug-likeness (QED) is 0.697. The van der Waals surface area contributed by atoms with Gasteiger partial charge < -0.3 is 9.88 Å². The summed E-state index contributed by atoms with van der Waals surface area (Å²) in [6.45, 7) is 2.17. The molecule has 6 heteroatoms. The Hall–Kier alpha value is -2.26. The van der Waals surface area contributed by atoms with Gasteiger partial charge >= 0.3 is 0 Å². The van der Waals surface area contributed by atoms with E-state index in [9.17, 15) is 10.1 Å². The van der Waals surface area contributed by atoms with Crippen LogP contribution in [0.1, 0.15) is 18.4 Å². The molecule has 1 N–H and O–H groups in total. The first-order valence-corrected chi connectivity index (χ1v) is 8.39. The number of nitrogens with zero attached hydrogens (tertiary/aromatic N) is 3. The van der Waals surface area contributed by atoms with Gasteiger partial charge in [0.25, 0.3) is 5.56 Å². The van der Waals surface area contributed by atoms with Gasteiger partial charge in [0.15, 0.2) is 5.16 Å². The average Bonchev–Trinajstić information content (AvgIpc) is 3.08. The molecule has 1 aromatic carbocycles. The van der Waals surface area contributed by atoms with Crippen LogP contribution in [0.25, 0.3) is 11.3 Å². The number of hydrogen-bond acceptors (Lipinski definition) is 5. The first-order chi connectivity index (χ1) is 10.7. The molecular formula is C16H16N4OS. The molecule has 2 heterocycles. The standard InChI is InChI=1S/C16H16N4OS/c1-22-16-18-14(13(10-17)15(21)19-16)11-4-6-12(7-5-11)20-8-2-3-9-20/h4-7H,2-3,8-9H2,1H3,(H,18,19,21). The van der Waals surface area contributed by atoms with Crippen molar-refractivity contribution in [3.05, 3.63) is 40.2 Å². The highest BCUT2D eigenvalue weighted by Crippen LogP contribution is 2.26. The number of aromatic amines is 1. The number of thioether (sulfide) groups is 1. The molecule has 0 aliphatic carbocycles. The Morgan fingerprint density at radius 1 is 1.27 bits per heavy atom. The average molecular weight is 312 g/mol. The molecular weight excluding hydrogens is 296 g/mol. The molecule has 1 fully saturated rings. The number of anilines is 1. The third kappa shape index (κ3) is 2.72. The third-order valence-corrected chi connectivity index (χ3v) is 4.39. The van der Waals surface area contributed by atoms with Gasteiger partial charge in [-0.05, 0) is 31.2 Å². The van der Waals surface area contributed by atoms with Crippen molar-refractivity contribution in [3.63, 3.8) is 0 Å². The van der Waals surface area contributed by atoms with Crippen molar-refractivity contribution in [1.29, 1.82) is 5.26 Å². The molecule has 0 unspecified atom stereocenters. The van der Waals surface area contributed by atoms with Gasteiger partial charge in [0.2, 0.25) is 0 Å². The lowest BCUT2D eigenvalue weighted by Gasteiger charge is -2.17. The van der Waals surface area contributed by atoms with Gasteiger partial charge in [-0.25, -0.2) is 4.98 Å². The van der Waals surface area contributed by atoms with E-state index in [0.717, 1.165) is 18.7 Å². The summed E-state index contributed by atoms with van der Waals surface area (Å²) in [6.07, 6.45) is 4.30. The highest BCUT2D eigenvalue weighted by Gasteiger charge is 2.15. The van der Waals surface area contributed by atoms with Crippen LogP contribution < -0.4 is 10.5 Å². The van der Waals surface area contributed by atoms with Crippen LogP contribution in [0.3, 0.4) is 0 Å². The van der Waals surface area contributed by atoms with Crippen molar-refractivity contribution in [3.8, 4) is 17.3 Å². The Balaban J connectivity index is 2.02. The summed E-state index contributed by atoms with van der Waals surface area (Å²) in [6, 6.07) is 9.88. The second-order valence-corrected chi connectivity index (χ2v) is 5.95. The van der Waals surface area contributed by atoms with E-state index in [4.69, 9.17) is 0 Å². The fourth-order valence-electron chi connectivity index (χ4n) is 2.67. The normalized spacial score (nSPS) is 14.1. The van der Waals surface area contributed by atoms with Crippen molar-refractivity contribution < 1.29 is 0 Å². The zero-order chi connectivity index (χ0) is 15.5. The summed E-state index contributed by atoms with van der Waals surface area (Å²) in [4.78, 5) is 21.3. The monoisotopic (exact) mass is 312 g/mol. The minimum atomic E-state index is -0.388. The van der Waals surface area contributed by atoms with Gasteiger partial charge in [0.1, 0.15) is 11.6 Å². The molecule has 1 saturated heterocycles. The molecule has 0 radical (unpaired) electrons. The van der Waals surface area contributed by atoms with E-state index < -0.39 is 0 Å². The highest BCUT2D eigenvalue weighted by atomic mass is 32.2. The van der Waals surface area contributed by atoms with E-state index in [1.165, 1.54) is 30.3 Å². The Kier molecular flexibility index (Phi) is 4.16. The number of benzene rings is 1. The van der Waals surface area contributed by atoms with Crippen molar-refractivity contribution >= 4 is 17.4 Å². The van der Waals surface area contributed by atoms with Crippen LogP contribution in [0.2, 0.25) is 0 Å². The smallest absolute Gasteiger partial charge is 0.270 e. The zero-order valence-electron chi connectivity index (χ0n) is 12.3. The van der Waals surface area contributed by atoms with Crippen LogP contribution in [0.4, 0.5) is 5.69 Å². The van der Waals surface area contributed by atoms with Gasteiger partial charge in [-0.2, -0.15) is 5.26 Å². The number of H-pyrrole nitrogens is 1. The number of nitrogens with one attached hydrogen (secondary N) is 1. The lowest BCUT2D eigenvalue weighted by Crippen LogP contribution is -2.17. The molecule has 112 valence electrons. The number of aromatic nitrogens is 2. The molecule has 1 aliphatic rings. The molecule has 5 nitrogen and oxygen atoms in total. The van der Waals surface area contributed by atoms with E-state index in [1.54, 1.807) is 0 Å². The van der Waals surface area contributed by atoms with E-state index >= 15 is 0 Å². The lowest BCUT2D eigenvalue weighted by molar-refractivity contribution is 0.937. The maximum Gasteiger partial charge on any atom is 0.270 e. The highest BCUT2D eigenvalue weighted by molar-refractivity contribution is 7.98. The SMILES string of the molecule is CSc1nc(-c2ccc(N3CCCC3)cc2)c(C#N)c(=O)[nH]1. The van der Waals surface area contributed by atoms with Crippen molar-refractivity contribution in [2.75, 3.05) is 24.2 Å². The van der Waals surface area contributed by atoms with Gasteiger partial charge in [-0.1, -0.05) is 23.9 Å². The van der Waals surface area contributed by atoms with Crippen molar-refractivity contribution in [2.24, 2.45) is 0 Å². The summed E-state index contributed by atoms with van der Waals surface area (Å²) >= 11 is 1.35. The molecule has 22 heavy (non-hydrogen) atoms. The predicted molar refractivity (Wildman–Crippen MR) is 88.2 cm³/mol. The molecule has 0 spiro atoms. The Bertz CT molecular complexity index is 770.